The molecule has 2 atom stereocenters. The van der Waals surface area contributed by atoms with E-state index < -0.39 is 42.0 Å². The third-order valence-corrected chi connectivity index (χ3v) is 3.44. The molecule has 1 fully saturated rings. The first-order chi connectivity index (χ1) is 9.77. The molecule has 20 heavy (non-hydrogen) atoms. The monoisotopic (exact) mass is 287 g/mol. The molecule has 1 aliphatic carbocycles. The molecule has 7 nitrogen and oxygen atoms in total. The zero-order valence-electron chi connectivity index (χ0n) is 12.8. The summed E-state index contributed by atoms with van der Waals surface area (Å²) in [7, 11) is 0. The van der Waals surface area contributed by atoms with Crippen LogP contribution in [0.3, 0.4) is 0 Å². The van der Waals surface area contributed by atoms with E-state index in [1.807, 2.05) is 6.92 Å². The molecular weight excluding hydrogens is 264 g/mol. The van der Waals surface area contributed by atoms with Gasteiger partial charge in [-0.1, -0.05) is 0 Å². The Morgan fingerprint density at radius 1 is 1.45 bits per heavy atom. The number of amides is 1. The van der Waals surface area contributed by atoms with Crippen LogP contribution in [0, 0.1) is 0 Å². The first-order valence-corrected chi connectivity index (χ1v) is 6.72. The summed E-state index contributed by atoms with van der Waals surface area (Å²) in [6.07, 6.45) is 3.24. The largest absolute Gasteiger partial charge is 0.481 e. The number of carboxylic acids is 1. The maximum absolute atomic E-state index is 11.9. The first kappa shape index (κ1) is 14.8. The molecule has 0 unspecified atom stereocenters. The van der Waals surface area contributed by atoms with Crippen molar-refractivity contribution in [1.82, 2.24) is 5.32 Å². The Bertz CT molecular complexity index is 409. The first-order valence-electron chi connectivity index (χ1n) is 7.13. The van der Waals surface area contributed by atoms with E-state index in [1.165, 1.54) is 6.92 Å². The number of carboxylic acid groups (broad SMARTS) is 1. The van der Waals surface area contributed by atoms with Gasteiger partial charge in [-0.15, -0.1) is 0 Å². The minimum atomic E-state index is -1.17. The predicted molar refractivity (Wildman–Crippen MR) is 70.8 cm³/mol. The standard InChI is InChI=1S/C13H22N2O5/c1-8(15-11(18)9(14)7-10(16)17)12(19)20-13(2)5-3-4-6-13/h8-9H,3-7,14H2,1-2H3,(H,15,18)(H,16,17)/t8-,9-/m0/s1/i/hD. The van der Waals surface area contributed by atoms with Crippen molar-refractivity contribution in [1.29, 1.82) is 1.43 Å². The van der Waals surface area contributed by atoms with E-state index in [0.717, 1.165) is 25.7 Å². The van der Waals surface area contributed by atoms with Crippen LogP contribution >= 0.6 is 0 Å². The van der Waals surface area contributed by atoms with Gasteiger partial charge in [-0.25, -0.2) is 4.79 Å². The van der Waals surface area contributed by atoms with E-state index in [2.05, 4.69) is 10.4 Å². The average Bonchev–Trinajstić information content (AvgIpc) is 2.84. The summed E-state index contributed by atoms with van der Waals surface area (Å²) >= 11 is 0. The molecule has 0 aromatic heterocycles. The highest BCUT2D eigenvalue weighted by Crippen LogP contribution is 2.32. The van der Waals surface area contributed by atoms with Crippen LogP contribution < -0.4 is 11.1 Å². The van der Waals surface area contributed by atoms with Gasteiger partial charge in [0.05, 0.1) is 12.5 Å². The Hall–Kier alpha value is -1.63. The summed E-state index contributed by atoms with van der Waals surface area (Å²) in [4.78, 5) is 34.5. The molecule has 1 rings (SSSR count). The van der Waals surface area contributed by atoms with Crippen LogP contribution in [0.4, 0.5) is 0 Å². The zero-order valence-corrected chi connectivity index (χ0v) is 11.8. The second-order valence-corrected chi connectivity index (χ2v) is 5.49. The van der Waals surface area contributed by atoms with E-state index in [1.54, 1.807) is 0 Å². The number of rotatable bonds is 6. The zero-order chi connectivity index (χ0) is 16.0. The Kier molecular flexibility index (Phi) is 4.94. The Morgan fingerprint density at radius 2 is 2.05 bits per heavy atom. The van der Waals surface area contributed by atoms with Crippen LogP contribution in [0.2, 0.25) is 0 Å². The highest BCUT2D eigenvalue weighted by atomic mass is 16.6. The fraction of sp³-hybridized carbons (Fsp3) is 0.769. The van der Waals surface area contributed by atoms with E-state index in [9.17, 15) is 14.4 Å². The number of ether oxygens (including phenoxy) is 1. The third kappa shape index (κ3) is 4.80. The molecule has 7 heteroatoms. The predicted octanol–water partition coefficient (Wildman–Crippen LogP) is 0.169. The number of aliphatic carboxylic acids is 1. The number of carbonyl (C=O) groups is 3. The molecule has 0 aliphatic heterocycles. The molecule has 1 aliphatic rings. The number of nitrogens with one attached hydrogen (secondary N) is 1. The lowest BCUT2D eigenvalue weighted by Gasteiger charge is -2.26. The quantitative estimate of drug-likeness (QED) is 0.599. The fourth-order valence-electron chi connectivity index (χ4n) is 2.21. The summed E-state index contributed by atoms with van der Waals surface area (Å²) in [6, 6.07) is -2.02. The maximum Gasteiger partial charge on any atom is 0.328 e. The minimum absolute atomic E-state index is 0.422. The average molecular weight is 287 g/mol. The van der Waals surface area contributed by atoms with E-state index in [0.29, 0.717) is 0 Å². The molecule has 0 aromatic rings. The lowest BCUT2D eigenvalue weighted by Crippen LogP contribution is -2.49. The molecule has 0 bridgehead atoms. The smallest absolute Gasteiger partial charge is 0.328 e. The minimum Gasteiger partial charge on any atom is -0.481 e. The van der Waals surface area contributed by atoms with E-state index in [-0.39, 0.29) is 0 Å². The molecule has 1 saturated carbocycles. The topological polar surface area (TPSA) is 119 Å². The van der Waals surface area contributed by atoms with Crippen LogP contribution in [-0.2, 0) is 19.1 Å². The van der Waals surface area contributed by atoms with Crippen molar-refractivity contribution in [3.05, 3.63) is 0 Å². The second-order valence-electron chi connectivity index (χ2n) is 5.49. The SMILES string of the molecule is [2H]OC(=O)C[C@H](N)C(=O)N[C@@H](C)C(=O)OC1(C)CCCC1. The van der Waals surface area contributed by atoms with Gasteiger partial charge in [0.1, 0.15) is 11.6 Å². The third-order valence-electron chi connectivity index (χ3n) is 3.44. The van der Waals surface area contributed by atoms with Crippen LogP contribution in [0.5, 0.6) is 0 Å². The lowest BCUT2D eigenvalue weighted by atomic mass is 10.1. The van der Waals surface area contributed by atoms with Crippen LogP contribution in [0.1, 0.15) is 46.0 Å². The van der Waals surface area contributed by atoms with Crippen molar-refractivity contribution in [2.45, 2.75) is 63.6 Å². The number of esters is 1. The van der Waals surface area contributed by atoms with Crippen molar-refractivity contribution < 1.29 is 24.2 Å². The molecule has 1 amide bonds. The highest BCUT2D eigenvalue weighted by molar-refractivity contribution is 5.89. The number of carbonyl (C=O) groups excluding carboxylic acids is 2. The van der Waals surface area contributed by atoms with Crippen molar-refractivity contribution in [3.63, 3.8) is 0 Å². The van der Waals surface area contributed by atoms with Crippen molar-refractivity contribution in [3.8, 4) is 0 Å². The van der Waals surface area contributed by atoms with E-state index >= 15 is 0 Å². The fourth-order valence-corrected chi connectivity index (χ4v) is 2.21. The molecule has 0 spiro atoms. The number of nitrogens with two attached hydrogens (primary N) is 1. The molecule has 0 heterocycles. The van der Waals surface area contributed by atoms with Crippen LogP contribution in [-0.4, -0.2) is 40.6 Å². The van der Waals surface area contributed by atoms with Crippen molar-refractivity contribution >= 4 is 17.8 Å². The second kappa shape index (κ2) is 6.69. The van der Waals surface area contributed by atoms with Gasteiger partial charge < -0.3 is 20.9 Å². The van der Waals surface area contributed by atoms with Gasteiger partial charge in [0.2, 0.25) is 5.91 Å². The molecule has 0 aromatic carbocycles. The van der Waals surface area contributed by atoms with Gasteiger partial charge in [0.25, 0.3) is 1.43 Å². The number of hydrogen-bond donors (Lipinski definition) is 3. The highest BCUT2D eigenvalue weighted by Gasteiger charge is 2.34. The Labute approximate surface area is 119 Å². The number of hydrogen-bond acceptors (Lipinski definition) is 6. The molecule has 114 valence electrons. The summed E-state index contributed by atoms with van der Waals surface area (Å²) in [6.45, 7) is 3.37. The van der Waals surface area contributed by atoms with Crippen LogP contribution in [0.15, 0.2) is 0 Å². The summed E-state index contributed by atoms with van der Waals surface area (Å²) in [5, 5.41) is 6.08. The van der Waals surface area contributed by atoms with Gasteiger partial charge in [0.15, 0.2) is 0 Å². The Balaban J connectivity index is 2.44. The maximum atomic E-state index is 11.9. The molecule has 0 radical (unpaired) electrons. The van der Waals surface area contributed by atoms with Crippen LogP contribution in [0.25, 0.3) is 1.43 Å². The van der Waals surface area contributed by atoms with E-state index in [4.69, 9.17) is 11.9 Å². The van der Waals surface area contributed by atoms with Gasteiger partial charge in [-0.3, -0.25) is 9.59 Å². The van der Waals surface area contributed by atoms with Gasteiger partial charge in [-0.05, 0) is 39.5 Å². The van der Waals surface area contributed by atoms with Gasteiger partial charge in [0, 0.05) is 0 Å². The normalized spacial score (nSPS) is 20.4. The van der Waals surface area contributed by atoms with Crippen molar-refractivity contribution in [2.75, 3.05) is 0 Å². The molecule has 0 saturated heterocycles. The Morgan fingerprint density at radius 3 is 2.60 bits per heavy atom. The lowest BCUT2D eigenvalue weighted by molar-refractivity contribution is -0.160. The molecular formula is C13H22N2O5. The summed E-state index contributed by atoms with van der Waals surface area (Å²) < 4.78 is 11.8. The summed E-state index contributed by atoms with van der Waals surface area (Å²) in [5.74, 6) is -2.10. The van der Waals surface area contributed by atoms with Gasteiger partial charge >= 0.3 is 11.9 Å². The molecule has 4 N–H and O–H groups in total. The van der Waals surface area contributed by atoms with Gasteiger partial charge in [-0.2, -0.15) is 0 Å². The van der Waals surface area contributed by atoms with Crippen molar-refractivity contribution in [2.24, 2.45) is 5.73 Å². The summed E-state index contributed by atoms with van der Waals surface area (Å²) in [5.41, 5.74) is 5.02.